The second-order valence-electron chi connectivity index (χ2n) is 5.98. The normalized spacial score (nSPS) is 11.4. The Bertz CT molecular complexity index is 700. The van der Waals surface area contributed by atoms with Crippen LogP contribution in [0.1, 0.15) is 26.3 Å². The number of nitrogens with one attached hydrogen (secondary N) is 2. The third-order valence-electron chi connectivity index (χ3n) is 3.02. The lowest BCUT2D eigenvalue weighted by molar-refractivity contribution is -0.384. The van der Waals surface area contributed by atoms with Crippen LogP contribution in [0, 0.1) is 10.1 Å². The molecular formula is C15H19N3O4. The first-order valence-electron chi connectivity index (χ1n) is 6.97. The number of carbonyl (C=O) groups excluding carboxylic acids is 1. The maximum absolute atomic E-state index is 11.6. The fourth-order valence-corrected chi connectivity index (χ4v) is 2.10. The molecule has 0 aliphatic carbocycles. The van der Waals surface area contributed by atoms with E-state index < -0.39 is 16.6 Å². The van der Waals surface area contributed by atoms with Gasteiger partial charge in [-0.05, 0) is 38.8 Å². The van der Waals surface area contributed by atoms with Gasteiger partial charge in [-0.1, -0.05) is 0 Å². The van der Waals surface area contributed by atoms with Crippen molar-refractivity contribution >= 4 is 22.7 Å². The molecule has 0 aliphatic heterocycles. The molecule has 1 aromatic heterocycles. The van der Waals surface area contributed by atoms with Crippen LogP contribution in [0.2, 0.25) is 0 Å². The fraction of sp³-hybridized carbons (Fsp3) is 0.400. The molecule has 1 amide bonds. The van der Waals surface area contributed by atoms with E-state index in [-0.39, 0.29) is 5.69 Å². The predicted octanol–water partition coefficient (Wildman–Crippen LogP) is 3.14. The minimum absolute atomic E-state index is 0.0495. The second-order valence-corrected chi connectivity index (χ2v) is 5.98. The van der Waals surface area contributed by atoms with Crippen molar-refractivity contribution in [2.24, 2.45) is 0 Å². The van der Waals surface area contributed by atoms with Gasteiger partial charge in [0.15, 0.2) is 0 Å². The highest BCUT2D eigenvalue weighted by Gasteiger charge is 2.16. The molecule has 0 unspecified atom stereocenters. The third kappa shape index (κ3) is 3.97. The summed E-state index contributed by atoms with van der Waals surface area (Å²) in [6.07, 6.45) is 1.88. The summed E-state index contributed by atoms with van der Waals surface area (Å²) < 4.78 is 5.15. The number of ether oxygens (including phenoxy) is 1. The summed E-state index contributed by atoms with van der Waals surface area (Å²) in [6.45, 7) is 5.78. The van der Waals surface area contributed by atoms with Crippen molar-refractivity contribution in [2.45, 2.75) is 32.8 Å². The van der Waals surface area contributed by atoms with Crippen LogP contribution in [0.25, 0.3) is 10.9 Å². The van der Waals surface area contributed by atoms with Crippen LogP contribution in [0.5, 0.6) is 0 Å². The van der Waals surface area contributed by atoms with Gasteiger partial charge in [0, 0.05) is 35.8 Å². The Morgan fingerprint density at radius 3 is 2.77 bits per heavy atom. The van der Waals surface area contributed by atoms with Gasteiger partial charge in [-0.3, -0.25) is 10.1 Å². The number of fused-ring (bicyclic) bond motifs is 1. The largest absolute Gasteiger partial charge is 0.444 e. The number of aromatic amines is 1. The van der Waals surface area contributed by atoms with Crippen molar-refractivity contribution < 1.29 is 14.5 Å². The molecule has 118 valence electrons. The molecule has 0 radical (unpaired) electrons. The van der Waals surface area contributed by atoms with Gasteiger partial charge in [-0.2, -0.15) is 0 Å². The molecule has 0 saturated carbocycles. The van der Waals surface area contributed by atoms with Crippen molar-refractivity contribution in [3.63, 3.8) is 0 Å². The number of rotatable bonds is 4. The number of hydrogen-bond acceptors (Lipinski definition) is 4. The average molecular weight is 305 g/mol. The number of nitro groups is 1. The minimum Gasteiger partial charge on any atom is -0.444 e. The van der Waals surface area contributed by atoms with E-state index in [0.717, 1.165) is 16.5 Å². The first kappa shape index (κ1) is 15.8. The number of nitrogens with zero attached hydrogens (tertiary/aromatic N) is 1. The van der Waals surface area contributed by atoms with E-state index in [2.05, 4.69) is 10.3 Å². The van der Waals surface area contributed by atoms with E-state index >= 15 is 0 Å². The quantitative estimate of drug-likeness (QED) is 0.669. The van der Waals surface area contributed by atoms with Gasteiger partial charge >= 0.3 is 6.09 Å². The van der Waals surface area contributed by atoms with Gasteiger partial charge in [0.2, 0.25) is 0 Å². The van der Waals surface area contributed by atoms with Crippen LogP contribution in [0.3, 0.4) is 0 Å². The zero-order valence-corrected chi connectivity index (χ0v) is 12.8. The zero-order valence-electron chi connectivity index (χ0n) is 12.8. The Morgan fingerprint density at radius 1 is 1.41 bits per heavy atom. The number of non-ortho nitro benzene ring substituents is 1. The lowest BCUT2D eigenvalue weighted by atomic mass is 10.1. The minimum atomic E-state index is -0.536. The molecule has 1 aromatic carbocycles. The van der Waals surface area contributed by atoms with Crippen molar-refractivity contribution in [1.82, 2.24) is 10.3 Å². The van der Waals surface area contributed by atoms with E-state index in [4.69, 9.17) is 4.74 Å². The summed E-state index contributed by atoms with van der Waals surface area (Å²) >= 11 is 0. The molecule has 1 heterocycles. The number of alkyl carbamates (subject to hydrolysis) is 1. The van der Waals surface area contributed by atoms with Crippen LogP contribution in [-0.2, 0) is 11.2 Å². The molecular weight excluding hydrogens is 286 g/mol. The van der Waals surface area contributed by atoms with E-state index in [0.29, 0.717) is 13.0 Å². The Kier molecular flexibility index (Phi) is 4.35. The smallest absolute Gasteiger partial charge is 0.407 e. The van der Waals surface area contributed by atoms with Crippen LogP contribution < -0.4 is 5.32 Å². The van der Waals surface area contributed by atoms with E-state index in [9.17, 15) is 14.9 Å². The Labute approximate surface area is 127 Å². The Morgan fingerprint density at radius 2 is 2.14 bits per heavy atom. The van der Waals surface area contributed by atoms with Gasteiger partial charge in [0.25, 0.3) is 5.69 Å². The molecule has 0 fully saturated rings. The third-order valence-corrected chi connectivity index (χ3v) is 3.02. The SMILES string of the molecule is CC(C)(C)OC(=O)NCCc1c[nH]c2ccc([N+](=O)[O-])cc12. The monoisotopic (exact) mass is 305 g/mol. The molecule has 0 bridgehead atoms. The predicted molar refractivity (Wildman–Crippen MR) is 82.9 cm³/mol. The van der Waals surface area contributed by atoms with Gasteiger partial charge in [0.1, 0.15) is 5.60 Å². The van der Waals surface area contributed by atoms with E-state index in [1.807, 2.05) is 0 Å². The molecule has 0 aliphatic rings. The molecule has 2 rings (SSSR count). The number of aromatic nitrogens is 1. The van der Waals surface area contributed by atoms with Gasteiger partial charge < -0.3 is 15.0 Å². The average Bonchev–Trinajstić information content (AvgIpc) is 2.79. The Hall–Kier alpha value is -2.57. The van der Waals surface area contributed by atoms with Crippen molar-refractivity contribution in [3.05, 3.63) is 40.1 Å². The van der Waals surface area contributed by atoms with E-state index in [1.54, 1.807) is 33.0 Å². The van der Waals surface area contributed by atoms with Crippen LogP contribution in [0.4, 0.5) is 10.5 Å². The standard InChI is InChI=1S/C15H19N3O4/c1-15(2,3)22-14(19)16-7-6-10-9-17-13-5-4-11(18(20)21)8-12(10)13/h4-5,8-9,17H,6-7H2,1-3H3,(H,16,19). The summed E-state index contributed by atoms with van der Waals surface area (Å²) in [5, 5.41) is 14.3. The van der Waals surface area contributed by atoms with Crippen LogP contribution in [-0.4, -0.2) is 28.1 Å². The first-order valence-corrected chi connectivity index (χ1v) is 6.97. The highest BCUT2D eigenvalue weighted by atomic mass is 16.6. The maximum Gasteiger partial charge on any atom is 0.407 e. The number of H-pyrrole nitrogens is 1. The highest BCUT2D eigenvalue weighted by molar-refractivity contribution is 5.85. The summed E-state index contributed by atoms with van der Waals surface area (Å²) in [5.41, 5.74) is 1.26. The molecule has 0 spiro atoms. The van der Waals surface area contributed by atoms with Gasteiger partial charge in [-0.25, -0.2) is 4.79 Å². The second kappa shape index (κ2) is 6.05. The van der Waals surface area contributed by atoms with Gasteiger partial charge in [0.05, 0.1) is 4.92 Å². The number of amides is 1. The summed E-state index contributed by atoms with van der Waals surface area (Å²) in [5.74, 6) is 0. The lowest BCUT2D eigenvalue weighted by Gasteiger charge is -2.19. The Balaban J connectivity index is 2.01. The van der Waals surface area contributed by atoms with Crippen LogP contribution >= 0.6 is 0 Å². The lowest BCUT2D eigenvalue weighted by Crippen LogP contribution is -2.33. The highest BCUT2D eigenvalue weighted by Crippen LogP contribution is 2.23. The summed E-state index contributed by atoms with van der Waals surface area (Å²) in [7, 11) is 0. The molecule has 2 aromatic rings. The zero-order chi connectivity index (χ0) is 16.3. The summed E-state index contributed by atoms with van der Waals surface area (Å²) in [6, 6.07) is 4.68. The molecule has 7 nitrogen and oxygen atoms in total. The van der Waals surface area contributed by atoms with Crippen molar-refractivity contribution in [1.29, 1.82) is 0 Å². The first-order chi connectivity index (χ1) is 10.3. The molecule has 0 saturated heterocycles. The topological polar surface area (TPSA) is 97.3 Å². The fourth-order valence-electron chi connectivity index (χ4n) is 2.10. The number of benzene rings is 1. The molecule has 0 atom stereocenters. The van der Waals surface area contributed by atoms with E-state index in [1.165, 1.54) is 12.1 Å². The summed E-state index contributed by atoms with van der Waals surface area (Å²) in [4.78, 5) is 25.0. The van der Waals surface area contributed by atoms with Gasteiger partial charge in [-0.15, -0.1) is 0 Å². The molecule has 22 heavy (non-hydrogen) atoms. The van der Waals surface area contributed by atoms with Crippen molar-refractivity contribution in [3.8, 4) is 0 Å². The number of hydrogen-bond donors (Lipinski definition) is 2. The van der Waals surface area contributed by atoms with Crippen LogP contribution in [0.15, 0.2) is 24.4 Å². The molecule has 7 heteroatoms. The molecule has 2 N–H and O–H groups in total. The number of nitro benzene ring substituents is 1. The van der Waals surface area contributed by atoms with Crippen molar-refractivity contribution in [2.75, 3.05) is 6.54 Å². The maximum atomic E-state index is 11.6. The number of carbonyl (C=O) groups is 1.